The molecule has 104 valence electrons. The highest BCUT2D eigenvalue weighted by atomic mass is 16.4. The SMILES string of the molecule is CNC(C)(C)C(=O)N1Cc2[nH]cnc2CC1C(=O)O. The lowest BCUT2D eigenvalue weighted by molar-refractivity contribution is -0.154. The summed E-state index contributed by atoms with van der Waals surface area (Å²) in [6.45, 7) is 3.71. The number of hydrogen-bond donors (Lipinski definition) is 3. The van der Waals surface area contributed by atoms with Crippen LogP contribution in [0.2, 0.25) is 0 Å². The summed E-state index contributed by atoms with van der Waals surface area (Å²) >= 11 is 0. The van der Waals surface area contributed by atoms with Crippen molar-refractivity contribution in [2.45, 2.75) is 38.4 Å². The molecule has 0 saturated carbocycles. The molecule has 0 fully saturated rings. The molecule has 0 radical (unpaired) electrons. The largest absolute Gasteiger partial charge is 0.480 e. The summed E-state index contributed by atoms with van der Waals surface area (Å²) < 4.78 is 0. The summed E-state index contributed by atoms with van der Waals surface area (Å²) in [5, 5.41) is 12.2. The number of aliphatic carboxylic acids is 1. The maximum absolute atomic E-state index is 12.5. The number of nitrogens with one attached hydrogen (secondary N) is 2. The fourth-order valence-corrected chi connectivity index (χ4v) is 2.14. The third kappa shape index (κ3) is 2.33. The third-order valence-electron chi connectivity index (χ3n) is 3.60. The Kier molecular flexibility index (Phi) is 3.32. The van der Waals surface area contributed by atoms with Crippen molar-refractivity contribution < 1.29 is 14.7 Å². The zero-order valence-electron chi connectivity index (χ0n) is 11.2. The van der Waals surface area contributed by atoms with Crippen molar-refractivity contribution in [3.05, 3.63) is 17.7 Å². The van der Waals surface area contributed by atoms with Crippen LogP contribution in [0.4, 0.5) is 0 Å². The molecule has 19 heavy (non-hydrogen) atoms. The van der Waals surface area contributed by atoms with Crippen LogP contribution in [0, 0.1) is 0 Å². The summed E-state index contributed by atoms with van der Waals surface area (Å²) in [6.07, 6.45) is 1.76. The minimum Gasteiger partial charge on any atom is -0.480 e. The van der Waals surface area contributed by atoms with Crippen molar-refractivity contribution in [1.29, 1.82) is 0 Å². The van der Waals surface area contributed by atoms with Gasteiger partial charge in [0, 0.05) is 6.42 Å². The molecule has 1 aliphatic rings. The Bertz CT molecular complexity index is 509. The van der Waals surface area contributed by atoms with E-state index in [9.17, 15) is 14.7 Å². The minimum atomic E-state index is -1.01. The number of carboxylic acids is 1. The zero-order valence-corrected chi connectivity index (χ0v) is 11.2. The van der Waals surface area contributed by atoms with E-state index in [-0.39, 0.29) is 18.9 Å². The first-order chi connectivity index (χ1) is 8.86. The molecular weight excluding hydrogens is 248 g/mol. The molecule has 1 aromatic rings. The molecule has 7 heteroatoms. The molecule has 0 bridgehead atoms. The Labute approximate surface area is 111 Å². The van der Waals surface area contributed by atoms with Gasteiger partial charge in [0.2, 0.25) is 5.91 Å². The van der Waals surface area contributed by atoms with E-state index >= 15 is 0 Å². The van der Waals surface area contributed by atoms with E-state index in [0.29, 0.717) is 0 Å². The smallest absolute Gasteiger partial charge is 0.326 e. The summed E-state index contributed by atoms with van der Waals surface area (Å²) in [5.74, 6) is -1.24. The van der Waals surface area contributed by atoms with Gasteiger partial charge in [-0.2, -0.15) is 0 Å². The van der Waals surface area contributed by atoms with Gasteiger partial charge in [0.15, 0.2) is 0 Å². The lowest BCUT2D eigenvalue weighted by Gasteiger charge is -2.37. The van der Waals surface area contributed by atoms with E-state index < -0.39 is 17.6 Å². The van der Waals surface area contributed by atoms with E-state index in [4.69, 9.17) is 0 Å². The third-order valence-corrected chi connectivity index (χ3v) is 3.60. The molecule has 2 heterocycles. The van der Waals surface area contributed by atoms with Gasteiger partial charge in [0.1, 0.15) is 6.04 Å². The Morgan fingerprint density at radius 2 is 2.26 bits per heavy atom. The monoisotopic (exact) mass is 266 g/mol. The van der Waals surface area contributed by atoms with Crippen molar-refractivity contribution in [3.8, 4) is 0 Å². The molecule has 0 saturated heterocycles. The number of aromatic amines is 1. The number of carbonyl (C=O) groups excluding carboxylic acids is 1. The van der Waals surface area contributed by atoms with Crippen LogP contribution in [0.3, 0.4) is 0 Å². The van der Waals surface area contributed by atoms with Gasteiger partial charge < -0.3 is 20.3 Å². The van der Waals surface area contributed by atoms with Gasteiger partial charge in [0.05, 0.1) is 29.8 Å². The highest BCUT2D eigenvalue weighted by Crippen LogP contribution is 2.23. The van der Waals surface area contributed by atoms with Crippen LogP contribution in [-0.4, -0.2) is 50.5 Å². The summed E-state index contributed by atoms with van der Waals surface area (Å²) in [6, 6.07) is -0.865. The van der Waals surface area contributed by atoms with Gasteiger partial charge in [-0.05, 0) is 20.9 Å². The van der Waals surface area contributed by atoms with Crippen LogP contribution in [0.15, 0.2) is 6.33 Å². The highest BCUT2D eigenvalue weighted by molar-refractivity contribution is 5.90. The summed E-state index contributed by atoms with van der Waals surface area (Å²) in [7, 11) is 1.68. The maximum atomic E-state index is 12.5. The molecule has 0 spiro atoms. The molecule has 1 amide bonds. The van der Waals surface area contributed by atoms with Crippen LogP contribution in [-0.2, 0) is 22.6 Å². The number of imidazole rings is 1. The van der Waals surface area contributed by atoms with E-state index in [2.05, 4.69) is 15.3 Å². The van der Waals surface area contributed by atoms with Crippen LogP contribution in [0.25, 0.3) is 0 Å². The number of likely N-dealkylation sites (N-methyl/N-ethyl adjacent to an activating group) is 1. The van der Waals surface area contributed by atoms with E-state index in [1.165, 1.54) is 11.2 Å². The Hall–Kier alpha value is -1.89. The second-order valence-corrected chi connectivity index (χ2v) is 5.19. The molecule has 0 aromatic carbocycles. The number of carbonyl (C=O) groups is 2. The average molecular weight is 266 g/mol. The van der Waals surface area contributed by atoms with Gasteiger partial charge in [-0.3, -0.25) is 4.79 Å². The highest BCUT2D eigenvalue weighted by Gasteiger charge is 2.40. The first-order valence-electron chi connectivity index (χ1n) is 6.10. The van der Waals surface area contributed by atoms with Gasteiger partial charge in [-0.15, -0.1) is 0 Å². The lowest BCUT2D eigenvalue weighted by Crippen LogP contribution is -2.58. The Morgan fingerprint density at radius 1 is 1.58 bits per heavy atom. The molecule has 1 aliphatic heterocycles. The number of nitrogens with zero attached hydrogens (tertiary/aromatic N) is 2. The summed E-state index contributed by atoms with van der Waals surface area (Å²) in [4.78, 5) is 32.3. The Morgan fingerprint density at radius 3 is 2.84 bits per heavy atom. The molecule has 1 aromatic heterocycles. The van der Waals surface area contributed by atoms with Gasteiger partial charge in [0.25, 0.3) is 0 Å². The molecule has 2 rings (SSSR count). The number of carboxylic acid groups (broad SMARTS) is 1. The van der Waals surface area contributed by atoms with Crippen molar-refractivity contribution in [2.75, 3.05) is 7.05 Å². The van der Waals surface area contributed by atoms with Crippen molar-refractivity contribution >= 4 is 11.9 Å². The van der Waals surface area contributed by atoms with Crippen LogP contribution < -0.4 is 5.32 Å². The summed E-state index contributed by atoms with van der Waals surface area (Å²) in [5.41, 5.74) is 0.724. The van der Waals surface area contributed by atoms with Crippen LogP contribution in [0.1, 0.15) is 25.2 Å². The number of amides is 1. The topological polar surface area (TPSA) is 98.3 Å². The number of aromatic nitrogens is 2. The van der Waals surface area contributed by atoms with Gasteiger partial charge in [-0.25, -0.2) is 9.78 Å². The second kappa shape index (κ2) is 4.65. The maximum Gasteiger partial charge on any atom is 0.326 e. The molecule has 3 N–H and O–H groups in total. The predicted molar refractivity (Wildman–Crippen MR) is 67.4 cm³/mol. The molecule has 0 aliphatic carbocycles. The lowest BCUT2D eigenvalue weighted by atomic mass is 9.97. The van der Waals surface area contributed by atoms with E-state index in [1.807, 2.05) is 0 Å². The average Bonchev–Trinajstić information content (AvgIpc) is 2.83. The first kappa shape index (κ1) is 13.5. The van der Waals surface area contributed by atoms with Gasteiger partial charge >= 0.3 is 5.97 Å². The molecule has 1 atom stereocenters. The second-order valence-electron chi connectivity index (χ2n) is 5.19. The number of H-pyrrole nitrogens is 1. The quantitative estimate of drug-likeness (QED) is 0.700. The van der Waals surface area contributed by atoms with Crippen molar-refractivity contribution in [3.63, 3.8) is 0 Å². The molecular formula is C12H18N4O3. The van der Waals surface area contributed by atoms with Crippen molar-refractivity contribution in [1.82, 2.24) is 20.2 Å². The fourth-order valence-electron chi connectivity index (χ4n) is 2.14. The zero-order chi connectivity index (χ0) is 14.2. The van der Waals surface area contributed by atoms with Crippen molar-refractivity contribution in [2.24, 2.45) is 0 Å². The number of fused-ring (bicyclic) bond motifs is 1. The first-order valence-corrected chi connectivity index (χ1v) is 6.10. The number of hydrogen-bond acceptors (Lipinski definition) is 4. The normalized spacial score (nSPS) is 19.1. The number of rotatable bonds is 3. The fraction of sp³-hybridized carbons (Fsp3) is 0.583. The van der Waals surface area contributed by atoms with E-state index in [0.717, 1.165) is 11.4 Å². The van der Waals surface area contributed by atoms with Crippen LogP contribution >= 0.6 is 0 Å². The Balaban J connectivity index is 2.33. The van der Waals surface area contributed by atoms with E-state index in [1.54, 1.807) is 20.9 Å². The standard InChI is InChI=1S/C12H18N4O3/c1-12(2,13-3)11(19)16-5-8-7(14-6-15-8)4-9(16)10(17)18/h6,9,13H,4-5H2,1-3H3,(H,14,15)(H,17,18). The minimum absolute atomic E-state index is 0.234. The molecule has 7 nitrogen and oxygen atoms in total. The molecule has 1 unspecified atom stereocenters. The predicted octanol–water partition coefficient (Wildman–Crippen LogP) is -0.254. The van der Waals surface area contributed by atoms with Gasteiger partial charge in [-0.1, -0.05) is 0 Å². The van der Waals surface area contributed by atoms with Crippen LogP contribution in [0.5, 0.6) is 0 Å².